The first-order chi connectivity index (χ1) is 23.0. The van der Waals surface area contributed by atoms with Crippen LogP contribution in [-0.4, -0.2) is 55.0 Å². The van der Waals surface area contributed by atoms with Gasteiger partial charge in [-0.1, -0.05) is 61.5 Å². The number of carbonyl (C=O) groups excluding carboxylic acids is 1. The minimum absolute atomic E-state index is 0.0000309. The van der Waals surface area contributed by atoms with Crippen LogP contribution >= 0.6 is 0 Å². The molecule has 2 aliphatic rings. The summed E-state index contributed by atoms with van der Waals surface area (Å²) in [6.45, 7) is 4.71. The second-order valence-corrected chi connectivity index (χ2v) is 12.2. The Labute approximate surface area is 276 Å². The Kier molecular flexibility index (Phi) is 10.8. The summed E-state index contributed by atoms with van der Waals surface area (Å²) >= 11 is 0. The number of likely N-dealkylation sites (tertiary alicyclic amines) is 1. The SMILES string of the molecule is COC[C@@H]1CCCN1C[C@@H]1O[C@H](c2ccc(NC(=O)Nc3ccc(Oc4ccccc4)cc3)cc2)O[C@H](c2ccc(CO)cc2)[C@@H]1C. The maximum Gasteiger partial charge on any atom is 0.323 e. The number of nitrogens with zero attached hydrogens (tertiary/aromatic N) is 1. The molecule has 2 saturated heterocycles. The Morgan fingerprint density at radius 3 is 2.15 bits per heavy atom. The predicted octanol–water partition coefficient (Wildman–Crippen LogP) is 7.52. The quantitative estimate of drug-likeness (QED) is 0.156. The van der Waals surface area contributed by atoms with E-state index in [0.717, 1.165) is 48.4 Å². The number of hydrogen-bond donors (Lipinski definition) is 3. The molecule has 2 fully saturated rings. The van der Waals surface area contributed by atoms with E-state index in [0.29, 0.717) is 29.8 Å². The summed E-state index contributed by atoms with van der Waals surface area (Å²) in [6.07, 6.45) is 1.43. The minimum Gasteiger partial charge on any atom is -0.457 e. The zero-order chi connectivity index (χ0) is 32.6. The fourth-order valence-corrected chi connectivity index (χ4v) is 6.32. The lowest BCUT2D eigenvalue weighted by molar-refractivity contribution is -0.276. The van der Waals surface area contributed by atoms with E-state index in [1.807, 2.05) is 91.0 Å². The molecule has 2 aliphatic heterocycles. The van der Waals surface area contributed by atoms with Gasteiger partial charge in [-0.25, -0.2) is 4.79 Å². The summed E-state index contributed by atoms with van der Waals surface area (Å²) in [4.78, 5) is 15.3. The molecule has 2 heterocycles. The second-order valence-electron chi connectivity index (χ2n) is 12.2. The number of aliphatic hydroxyl groups excluding tert-OH is 1. The smallest absolute Gasteiger partial charge is 0.323 e. The van der Waals surface area contributed by atoms with E-state index in [4.69, 9.17) is 18.9 Å². The van der Waals surface area contributed by atoms with Gasteiger partial charge in [-0.15, -0.1) is 0 Å². The number of methoxy groups -OCH3 is 1. The molecule has 0 aromatic heterocycles. The first kappa shape index (κ1) is 32.7. The molecular formula is C38H43N3O6. The Hall–Kier alpha value is -4.25. The number of benzene rings is 4. The summed E-state index contributed by atoms with van der Waals surface area (Å²) in [5, 5.41) is 15.3. The Morgan fingerprint density at radius 2 is 1.49 bits per heavy atom. The molecule has 2 amide bonds. The molecule has 5 atom stereocenters. The number of amides is 2. The Balaban J connectivity index is 1.11. The molecule has 0 saturated carbocycles. The topological polar surface area (TPSA) is 102 Å². The van der Waals surface area contributed by atoms with Crippen LogP contribution in [0.3, 0.4) is 0 Å². The molecule has 3 N–H and O–H groups in total. The third-order valence-corrected chi connectivity index (χ3v) is 8.93. The molecule has 9 nitrogen and oxygen atoms in total. The van der Waals surface area contributed by atoms with Gasteiger partial charge in [0.1, 0.15) is 11.5 Å². The zero-order valence-electron chi connectivity index (χ0n) is 26.9. The van der Waals surface area contributed by atoms with E-state index < -0.39 is 6.29 Å². The van der Waals surface area contributed by atoms with Crippen molar-refractivity contribution in [3.63, 3.8) is 0 Å². The number of carbonyl (C=O) groups is 1. The third-order valence-electron chi connectivity index (χ3n) is 8.93. The van der Waals surface area contributed by atoms with Crippen LogP contribution in [0.2, 0.25) is 0 Å². The van der Waals surface area contributed by atoms with E-state index in [1.54, 1.807) is 19.2 Å². The van der Waals surface area contributed by atoms with Crippen LogP contribution in [0.25, 0.3) is 0 Å². The van der Waals surface area contributed by atoms with E-state index in [1.165, 1.54) is 0 Å². The standard InChI is InChI=1S/C38H43N3O6/c1-26-35(23-41-22-6-7-32(41)25-44-2)46-37(47-36(26)28-12-10-27(24-42)11-13-28)29-14-16-30(17-15-29)39-38(43)40-31-18-20-34(21-19-31)45-33-8-4-3-5-9-33/h3-5,8-21,26,32,35-37,42H,6-7,22-25H2,1-2H3,(H2,39,40,43)/t26-,32+,35+,36+,37+/m1/s1. The molecule has 0 spiro atoms. The molecule has 0 bridgehead atoms. The third kappa shape index (κ3) is 8.38. The van der Waals surface area contributed by atoms with Crippen LogP contribution in [0.4, 0.5) is 16.2 Å². The van der Waals surface area contributed by atoms with E-state index in [9.17, 15) is 9.90 Å². The van der Waals surface area contributed by atoms with Crippen molar-refractivity contribution in [3.8, 4) is 11.5 Å². The molecule has 0 unspecified atom stereocenters. The lowest BCUT2D eigenvalue weighted by Crippen LogP contribution is -2.46. The highest BCUT2D eigenvalue weighted by Crippen LogP contribution is 2.42. The molecule has 6 rings (SSSR count). The maximum atomic E-state index is 12.8. The number of hydrogen-bond acceptors (Lipinski definition) is 7. The molecule has 246 valence electrons. The summed E-state index contributed by atoms with van der Waals surface area (Å²) in [5.41, 5.74) is 4.08. The van der Waals surface area contributed by atoms with Gasteiger partial charge in [-0.3, -0.25) is 4.90 Å². The molecule has 4 aromatic carbocycles. The predicted molar refractivity (Wildman–Crippen MR) is 181 cm³/mol. The van der Waals surface area contributed by atoms with Gasteiger partial charge in [0.2, 0.25) is 0 Å². The number of nitrogens with one attached hydrogen (secondary N) is 2. The average Bonchev–Trinajstić information content (AvgIpc) is 3.54. The molecule has 47 heavy (non-hydrogen) atoms. The van der Waals surface area contributed by atoms with Crippen molar-refractivity contribution in [1.82, 2.24) is 4.90 Å². The van der Waals surface area contributed by atoms with Crippen LogP contribution in [-0.2, 0) is 20.8 Å². The summed E-state index contributed by atoms with van der Waals surface area (Å²) in [6, 6.07) is 32.3. The summed E-state index contributed by atoms with van der Waals surface area (Å²) in [7, 11) is 1.76. The Morgan fingerprint density at radius 1 is 0.851 bits per heavy atom. The van der Waals surface area contributed by atoms with Crippen LogP contribution in [0.15, 0.2) is 103 Å². The largest absolute Gasteiger partial charge is 0.457 e. The lowest BCUT2D eigenvalue weighted by Gasteiger charge is -2.43. The van der Waals surface area contributed by atoms with Gasteiger partial charge in [-0.05, 0) is 79.0 Å². The number of anilines is 2. The van der Waals surface area contributed by atoms with Crippen LogP contribution < -0.4 is 15.4 Å². The maximum absolute atomic E-state index is 12.8. The monoisotopic (exact) mass is 637 g/mol. The first-order valence-corrected chi connectivity index (χ1v) is 16.2. The second kappa shape index (κ2) is 15.6. The van der Waals surface area contributed by atoms with Gasteiger partial charge in [0.15, 0.2) is 6.29 Å². The van der Waals surface area contributed by atoms with Gasteiger partial charge in [-0.2, -0.15) is 0 Å². The van der Waals surface area contributed by atoms with Crippen molar-refractivity contribution in [2.24, 2.45) is 5.92 Å². The van der Waals surface area contributed by atoms with Crippen molar-refractivity contribution in [1.29, 1.82) is 0 Å². The summed E-state index contributed by atoms with van der Waals surface area (Å²) in [5.74, 6) is 1.53. The highest BCUT2D eigenvalue weighted by Gasteiger charge is 2.40. The van der Waals surface area contributed by atoms with E-state index in [-0.39, 0.29) is 30.8 Å². The van der Waals surface area contributed by atoms with Gasteiger partial charge in [0, 0.05) is 42.6 Å². The fourth-order valence-electron chi connectivity index (χ4n) is 6.32. The van der Waals surface area contributed by atoms with E-state index in [2.05, 4.69) is 22.5 Å². The highest BCUT2D eigenvalue weighted by molar-refractivity contribution is 5.99. The molecule has 4 aromatic rings. The van der Waals surface area contributed by atoms with Gasteiger partial charge < -0.3 is 34.7 Å². The number of aliphatic hydroxyl groups is 1. The first-order valence-electron chi connectivity index (χ1n) is 16.2. The fraction of sp³-hybridized carbons (Fsp3) is 0.342. The zero-order valence-corrected chi connectivity index (χ0v) is 26.9. The van der Waals surface area contributed by atoms with Crippen molar-refractivity contribution < 1.29 is 28.8 Å². The van der Waals surface area contributed by atoms with Crippen LogP contribution in [0, 0.1) is 5.92 Å². The molecule has 9 heteroatoms. The summed E-state index contributed by atoms with van der Waals surface area (Å²) < 4.78 is 24.6. The minimum atomic E-state index is -0.582. The molecular weight excluding hydrogens is 594 g/mol. The molecule has 0 aliphatic carbocycles. The normalized spacial score (nSPS) is 22.9. The molecule has 0 radical (unpaired) electrons. The number of urea groups is 1. The highest BCUT2D eigenvalue weighted by atomic mass is 16.7. The van der Waals surface area contributed by atoms with Gasteiger partial charge >= 0.3 is 6.03 Å². The Bertz CT molecular complexity index is 1570. The van der Waals surface area contributed by atoms with Crippen molar-refractivity contribution in [2.75, 3.05) is 37.4 Å². The van der Waals surface area contributed by atoms with E-state index >= 15 is 0 Å². The number of ether oxygens (including phenoxy) is 4. The van der Waals surface area contributed by atoms with Crippen molar-refractivity contribution >= 4 is 17.4 Å². The van der Waals surface area contributed by atoms with Gasteiger partial charge in [0.25, 0.3) is 0 Å². The van der Waals surface area contributed by atoms with Crippen LogP contribution in [0.5, 0.6) is 11.5 Å². The van der Waals surface area contributed by atoms with Gasteiger partial charge in [0.05, 0.1) is 25.4 Å². The van der Waals surface area contributed by atoms with Crippen molar-refractivity contribution in [3.05, 3.63) is 120 Å². The number of para-hydroxylation sites is 1. The number of rotatable bonds is 11. The van der Waals surface area contributed by atoms with Crippen LogP contribution in [0.1, 0.15) is 48.8 Å². The van der Waals surface area contributed by atoms with Crippen molar-refractivity contribution in [2.45, 2.75) is 50.9 Å². The average molecular weight is 638 g/mol. The lowest BCUT2D eigenvalue weighted by atomic mass is 9.90.